The van der Waals surface area contributed by atoms with Gasteiger partial charge in [-0.05, 0) is 24.2 Å². The van der Waals surface area contributed by atoms with Crippen LogP contribution in [0.25, 0.3) is 0 Å². The second kappa shape index (κ2) is 6.39. The number of nitrogens with zero attached hydrogens (tertiary/aromatic N) is 2. The molecule has 106 valence electrons. The fraction of sp³-hybridized carbons (Fsp3) is 0.643. The first-order valence-electron chi connectivity index (χ1n) is 6.64. The van der Waals surface area contributed by atoms with Crippen molar-refractivity contribution in [2.45, 2.75) is 51.7 Å². The van der Waals surface area contributed by atoms with Gasteiger partial charge in [0.2, 0.25) is 0 Å². The molecule has 0 spiro atoms. The second-order valence-electron chi connectivity index (χ2n) is 6.19. The largest absolute Gasteiger partial charge is 0.416 e. The molecule has 5 heteroatoms. The normalized spacial score (nSPS) is 12.5. The van der Waals surface area contributed by atoms with Crippen LogP contribution in [0.15, 0.2) is 12.3 Å². The van der Waals surface area contributed by atoms with Crippen LogP contribution in [0.4, 0.5) is 0 Å². The number of hydrogen-bond donors (Lipinski definition) is 0. The topological polar surface area (TPSA) is 52.1 Å². The van der Waals surface area contributed by atoms with Crippen LogP contribution < -0.4 is 0 Å². The Bertz CT molecular complexity index is 428. The molecule has 4 nitrogen and oxygen atoms in total. The Kier molecular flexibility index (Phi) is 5.37. The fourth-order valence-corrected chi connectivity index (χ4v) is 2.43. The van der Waals surface area contributed by atoms with Crippen molar-refractivity contribution >= 4 is 14.6 Å². The maximum Gasteiger partial charge on any atom is 0.191 e. The van der Waals surface area contributed by atoms with Gasteiger partial charge in [0.15, 0.2) is 8.32 Å². The van der Waals surface area contributed by atoms with Crippen LogP contribution in [0.3, 0.4) is 0 Å². The molecule has 0 aliphatic rings. The molecule has 0 unspecified atom stereocenters. The van der Waals surface area contributed by atoms with Gasteiger partial charge in [0.05, 0.1) is 6.42 Å². The van der Waals surface area contributed by atoms with E-state index >= 15 is 0 Å². The number of rotatable bonds is 6. The van der Waals surface area contributed by atoms with Gasteiger partial charge in [0.25, 0.3) is 0 Å². The molecule has 0 aliphatic heterocycles. The Morgan fingerprint density at radius 2 is 2.05 bits per heavy atom. The third-order valence-corrected chi connectivity index (χ3v) is 8.19. The lowest BCUT2D eigenvalue weighted by Crippen LogP contribution is -2.41. The zero-order valence-electron chi connectivity index (χ0n) is 12.6. The van der Waals surface area contributed by atoms with Crippen LogP contribution in [0.2, 0.25) is 18.1 Å². The Hall–Kier alpha value is -1.07. The Morgan fingerprint density at radius 3 is 2.63 bits per heavy atom. The highest BCUT2D eigenvalue weighted by atomic mass is 28.4. The fourth-order valence-electron chi connectivity index (χ4n) is 1.38. The number of aldehydes is 1. The summed E-state index contributed by atoms with van der Waals surface area (Å²) in [4.78, 5) is 18.8. The van der Waals surface area contributed by atoms with E-state index in [2.05, 4.69) is 43.8 Å². The summed E-state index contributed by atoms with van der Waals surface area (Å²) in [5.41, 5.74) is 0.936. The molecule has 0 saturated carbocycles. The van der Waals surface area contributed by atoms with Crippen LogP contribution in [0.5, 0.6) is 0 Å². The summed E-state index contributed by atoms with van der Waals surface area (Å²) in [6, 6.07) is 1.88. The van der Waals surface area contributed by atoms with Gasteiger partial charge in [0.1, 0.15) is 12.1 Å². The van der Waals surface area contributed by atoms with Gasteiger partial charge in [-0.1, -0.05) is 20.8 Å². The molecular weight excluding hydrogens is 256 g/mol. The van der Waals surface area contributed by atoms with Crippen molar-refractivity contribution in [2.24, 2.45) is 0 Å². The van der Waals surface area contributed by atoms with Gasteiger partial charge in [-0.3, -0.25) is 0 Å². The molecule has 0 atom stereocenters. The summed E-state index contributed by atoms with van der Waals surface area (Å²) in [7, 11) is -1.69. The maximum atomic E-state index is 10.4. The van der Waals surface area contributed by atoms with Crippen LogP contribution in [-0.4, -0.2) is 31.2 Å². The van der Waals surface area contributed by atoms with Crippen LogP contribution >= 0.6 is 0 Å². The monoisotopic (exact) mass is 280 g/mol. The Labute approximate surface area is 116 Å². The lowest BCUT2D eigenvalue weighted by molar-refractivity contribution is -0.107. The Balaban J connectivity index is 2.54. The van der Waals surface area contributed by atoms with Crippen LogP contribution in [-0.2, 0) is 22.1 Å². The van der Waals surface area contributed by atoms with E-state index in [0.29, 0.717) is 12.4 Å². The minimum absolute atomic E-state index is 0.224. The second-order valence-corrected chi connectivity index (χ2v) is 11.0. The van der Waals surface area contributed by atoms with Gasteiger partial charge < -0.3 is 9.22 Å². The molecule has 1 heterocycles. The molecule has 0 radical (unpaired) electrons. The molecule has 0 aliphatic carbocycles. The van der Waals surface area contributed by atoms with Crippen LogP contribution in [0.1, 0.15) is 32.3 Å². The van der Waals surface area contributed by atoms with Crippen molar-refractivity contribution < 1.29 is 9.22 Å². The van der Waals surface area contributed by atoms with Gasteiger partial charge >= 0.3 is 0 Å². The average Bonchev–Trinajstić information content (AvgIpc) is 2.28. The summed E-state index contributed by atoms with van der Waals surface area (Å²) in [6.07, 6.45) is 3.57. The summed E-state index contributed by atoms with van der Waals surface area (Å²) >= 11 is 0. The van der Waals surface area contributed by atoms with E-state index in [1.807, 2.05) is 6.07 Å². The highest BCUT2D eigenvalue weighted by Gasteiger charge is 2.36. The lowest BCUT2D eigenvalue weighted by atomic mass is 10.2. The molecule has 0 N–H and O–H groups in total. The quantitative estimate of drug-likeness (QED) is 0.594. The molecule has 0 fully saturated rings. The number of aromatic nitrogens is 2. The minimum Gasteiger partial charge on any atom is -0.416 e. The molecule has 0 aromatic carbocycles. The predicted octanol–water partition coefficient (Wildman–Crippen LogP) is 2.78. The molecule has 1 rings (SSSR count). The highest BCUT2D eigenvalue weighted by molar-refractivity contribution is 6.74. The molecule has 0 amide bonds. The van der Waals surface area contributed by atoms with Crippen molar-refractivity contribution in [2.75, 3.05) is 6.61 Å². The number of carbonyl (C=O) groups excluding carboxylic acids is 1. The summed E-state index contributed by atoms with van der Waals surface area (Å²) < 4.78 is 6.11. The molecule has 1 aromatic heterocycles. The molecule has 0 saturated heterocycles. The SMILES string of the molecule is CC(C)(C)[Si](C)(C)OCCc1ccnc(CC=O)n1. The summed E-state index contributed by atoms with van der Waals surface area (Å²) in [5.74, 6) is 0.583. The van der Waals surface area contributed by atoms with E-state index < -0.39 is 8.32 Å². The zero-order chi connectivity index (χ0) is 14.5. The predicted molar refractivity (Wildman–Crippen MR) is 78.7 cm³/mol. The van der Waals surface area contributed by atoms with Crippen molar-refractivity contribution in [3.8, 4) is 0 Å². The van der Waals surface area contributed by atoms with E-state index in [9.17, 15) is 4.79 Å². The minimum atomic E-state index is -1.69. The van der Waals surface area contributed by atoms with Crippen molar-refractivity contribution in [3.05, 3.63) is 23.8 Å². The van der Waals surface area contributed by atoms with Crippen molar-refractivity contribution in [1.82, 2.24) is 9.97 Å². The lowest BCUT2D eigenvalue weighted by Gasteiger charge is -2.36. The number of hydrogen-bond acceptors (Lipinski definition) is 4. The van der Waals surface area contributed by atoms with Gasteiger partial charge in [-0.15, -0.1) is 0 Å². The first-order valence-corrected chi connectivity index (χ1v) is 9.55. The maximum absolute atomic E-state index is 10.4. The summed E-state index contributed by atoms with van der Waals surface area (Å²) in [6.45, 7) is 11.8. The molecular formula is C14H24N2O2Si. The first kappa shape index (κ1) is 16.0. The van der Waals surface area contributed by atoms with Gasteiger partial charge in [-0.25, -0.2) is 9.97 Å². The molecule has 0 bridgehead atoms. The van der Waals surface area contributed by atoms with Crippen molar-refractivity contribution in [3.63, 3.8) is 0 Å². The third kappa shape index (κ3) is 4.84. The van der Waals surface area contributed by atoms with E-state index in [4.69, 9.17) is 4.43 Å². The standard InChI is InChI=1S/C14H24N2O2Si/c1-14(2,3)19(4,5)18-11-8-12-6-9-15-13(16-12)7-10-17/h6,9-10H,7-8,11H2,1-5H3. The van der Waals surface area contributed by atoms with E-state index in [0.717, 1.165) is 18.4 Å². The zero-order valence-corrected chi connectivity index (χ0v) is 13.6. The highest BCUT2D eigenvalue weighted by Crippen LogP contribution is 2.36. The number of carbonyl (C=O) groups is 1. The first-order chi connectivity index (χ1) is 8.76. The molecule has 19 heavy (non-hydrogen) atoms. The smallest absolute Gasteiger partial charge is 0.191 e. The van der Waals surface area contributed by atoms with E-state index in [1.165, 1.54) is 0 Å². The Morgan fingerprint density at radius 1 is 1.37 bits per heavy atom. The van der Waals surface area contributed by atoms with Gasteiger partial charge in [0, 0.05) is 24.9 Å². The average molecular weight is 280 g/mol. The van der Waals surface area contributed by atoms with E-state index in [-0.39, 0.29) is 11.5 Å². The molecule has 1 aromatic rings. The summed E-state index contributed by atoms with van der Waals surface area (Å²) in [5, 5.41) is 0.224. The third-order valence-electron chi connectivity index (χ3n) is 3.66. The van der Waals surface area contributed by atoms with E-state index in [1.54, 1.807) is 6.20 Å². The van der Waals surface area contributed by atoms with Crippen LogP contribution in [0, 0.1) is 0 Å². The van der Waals surface area contributed by atoms with Crippen molar-refractivity contribution in [1.29, 1.82) is 0 Å². The van der Waals surface area contributed by atoms with Gasteiger partial charge in [-0.2, -0.15) is 0 Å².